The van der Waals surface area contributed by atoms with Gasteiger partial charge in [-0.3, -0.25) is 9.48 Å². The zero-order valence-electron chi connectivity index (χ0n) is 17.0. The molecule has 8 heteroatoms. The molecular formula is C21H28N6O2. The van der Waals surface area contributed by atoms with Gasteiger partial charge in [-0.2, -0.15) is 10.1 Å². The second-order valence-corrected chi connectivity index (χ2v) is 7.92. The fraction of sp³-hybridized carbons (Fsp3) is 0.524. The number of rotatable bonds is 7. The maximum atomic E-state index is 11.6. The summed E-state index contributed by atoms with van der Waals surface area (Å²) < 4.78 is 8.72. The highest BCUT2D eigenvalue weighted by Gasteiger charge is 2.19. The highest BCUT2D eigenvalue weighted by atomic mass is 16.5. The summed E-state index contributed by atoms with van der Waals surface area (Å²) in [5.41, 5.74) is 1.67. The molecular weight excluding hydrogens is 368 g/mol. The van der Waals surface area contributed by atoms with Gasteiger partial charge in [0.15, 0.2) is 0 Å². The molecule has 0 aromatic carbocycles. The van der Waals surface area contributed by atoms with Gasteiger partial charge in [-0.15, -0.1) is 0 Å². The van der Waals surface area contributed by atoms with Crippen LogP contribution in [-0.4, -0.2) is 36.9 Å². The molecule has 154 valence electrons. The van der Waals surface area contributed by atoms with Crippen molar-refractivity contribution >= 4 is 28.6 Å². The first-order chi connectivity index (χ1) is 14.1. The number of aromatic nitrogens is 5. The van der Waals surface area contributed by atoms with Crippen molar-refractivity contribution in [2.24, 2.45) is 11.8 Å². The smallest absolute Gasteiger partial charge is 0.327 e. The molecule has 1 N–H and O–H groups in total. The summed E-state index contributed by atoms with van der Waals surface area (Å²) in [5.74, 6) is 1.78. The Balaban J connectivity index is 1.45. The molecule has 0 aliphatic heterocycles. The number of hydrogen-bond acceptors (Lipinski definition) is 6. The number of nitrogens with zero attached hydrogens (tertiary/aromatic N) is 5. The van der Waals surface area contributed by atoms with E-state index in [0.29, 0.717) is 18.5 Å². The van der Waals surface area contributed by atoms with E-state index in [0.717, 1.165) is 29.2 Å². The van der Waals surface area contributed by atoms with Crippen LogP contribution in [0.5, 0.6) is 0 Å². The Kier molecular flexibility index (Phi) is 5.78. The second-order valence-electron chi connectivity index (χ2n) is 7.92. The van der Waals surface area contributed by atoms with E-state index in [4.69, 9.17) is 9.72 Å². The maximum absolute atomic E-state index is 11.6. The highest BCUT2D eigenvalue weighted by Crippen LogP contribution is 2.30. The molecule has 0 amide bonds. The first-order valence-electron chi connectivity index (χ1n) is 10.4. The van der Waals surface area contributed by atoms with E-state index in [1.54, 1.807) is 19.3 Å². The molecule has 0 unspecified atom stereocenters. The summed E-state index contributed by atoms with van der Waals surface area (Å²) in [6.07, 6.45) is 12.6. The Morgan fingerprint density at radius 3 is 2.90 bits per heavy atom. The lowest BCUT2D eigenvalue weighted by atomic mass is 9.83. The number of fused-ring (bicyclic) bond motifs is 1. The largest absolute Gasteiger partial charge is 0.465 e. The standard InChI is InChI=1S/C21H28N6O2/c1-3-29-19(28)14-27-13-18(11-23-27)24-21-22-10-17-8-9-26(20(17)25-21)12-16-6-4-15(2)5-7-16/h8-11,13,15-16H,3-7,12,14H2,1-2H3,(H,22,24,25). The third-order valence-corrected chi connectivity index (χ3v) is 5.58. The molecule has 4 rings (SSSR count). The molecule has 3 heterocycles. The number of carbonyl (C=O) groups excluding carboxylic acids is 1. The average Bonchev–Trinajstić information content (AvgIpc) is 3.31. The Hall–Kier alpha value is -2.90. The van der Waals surface area contributed by atoms with Crippen molar-refractivity contribution in [3.63, 3.8) is 0 Å². The van der Waals surface area contributed by atoms with E-state index in [1.807, 2.05) is 6.20 Å². The van der Waals surface area contributed by atoms with Gasteiger partial charge in [0.25, 0.3) is 0 Å². The molecule has 8 nitrogen and oxygen atoms in total. The summed E-state index contributed by atoms with van der Waals surface area (Å²) in [7, 11) is 0. The Labute approximate surface area is 170 Å². The fourth-order valence-electron chi connectivity index (χ4n) is 3.95. The van der Waals surface area contributed by atoms with Crippen molar-refractivity contribution in [1.82, 2.24) is 24.3 Å². The van der Waals surface area contributed by atoms with Crippen LogP contribution in [0, 0.1) is 11.8 Å². The Morgan fingerprint density at radius 1 is 1.28 bits per heavy atom. The first kappa shape index (κ1) is 19.4. The summed E-state index contributed by atoms with van der Waals surface area (Å²) in [4.78, 5) is 20.7. The Morgan fingerprint density at radius 2 is 2.10 bits per heavy atom. The van der Waals surface area contributed by atoms with E-state index in [1.165, 1.54) is 30.4 Å². The molecule has 1 aliphatic rings. The number of carbonyl (C=O) groups is 1. The van der Waals surface area contributed by atoms with Crippen LogP contribution in [0.3, 0.4) is 0 Å². The second kappa shape index (κ2) is 8.63. The topological polar surface area (TPSA) is 86.9 Å². The lowest BCUT2D eigenvalue weighted by Gasteiger charge is -2.26. The van der Waals surface area contributed by atoms with E-state index >= 15 is 0 Å². The lowest BCUT2D eigenvalue weighted by molar-refractivity contribution is -0.144. The van der Waals surface area contributed by atoms with Crippen LogP contribution in [0.1, 0.15) is 39.5 Å². The van der Waals surface area contributed by atoms with Crippen molar-refractivity contribution in [2.45, 2.75) is 52.6 Å². The zero-order chi connectivity index (χ0) is 20.2. The quantitative estimate of drug-likeness (QED) is 0.612. The molecule has 0 bridgehead atoms. The van der Waals surface area contributed by atoms with Gasteiger partial charge in [0.2, 0.25) is 5.95 Å². The molecule has 1 aliphatic carbocycles. The van der Waals surface area contributed by atoms with Crippen molar-refractivity contribution in [2.75, 3.05) is 11.9 Å². The van der Waals surface area contributed by atoms with Gasteiger partial charge in [0.1, 0.15) is 12.2 Å². The minimum Gasteiger partial charge on any atom is -0.465 e. The molecule has 1 fully saturated rings. The monoisotopic (exact) mass is 396 g/mol. The molecule has 1 saturated carbocycles. The average molecular weight is 396 g/mol. The van der Waals surface area contributed by atoms with Crippen molar-refractivity contribution < 1.29 is 9.53 Å². The van der Waals surface area contributed by atoms with Gasteiger partial charge in [-0.1, -0.05) is 19.8 Å². The van der Waals surface area contributed by atoms with Crippen LogP contribution in [-0.2, 0) is 22.6 Å². The number of esters is 1. The Bertz CT molecular complexity index is 971. The van der Waals surface area contributed by atoms with Gasteiger partial charge in [-0.05, 0) is 37.7 Å². The van der Waals surface area contributed by atoms with Crippen molar-refractivity contribution in [3.8, 4) is 0 Å². The summed E-state index contributed by atoms with van der Waals surface area (Å²) in [6.45, 7) is 5.58. The van der Waals surface area contributed by atoms with Crippen LogP contribution >= 0.6 is 0 Å². The zero-order valence-corrected chi connectivity index (χ0v) is 17.0. The molecule has 29 heavy (non-hydrogen) atoms. The lowest BCUT2D eigenvalue weighted by Crippen LogP contribution is -2.17. The summed E-state index contributed by atoms with van der Waals surface area (Å²) in [6, 6.07) is 2.07. The highest BCUT2D eigenvalue weighted by molar-refractivity contribution is 5.76. The minimum atomic E-state index is -0.310. The van der Waals surface area contributed by atoms with Crippen molar-refractivity contribution in [3.05, 3.63) is 30.9 Å². The SMILES string of the molecule is CCOC(=O)Cn1cc(Nc2ncc3ccn(CC4CCC(C)CC4)c3n2)cn1. The number of anilines is 2. The van der Waals surface area contributed by atoms with Gasteiger partial charge in [0.05, 0.1) is 18.5 Å². The minimum absolute atomic E-state index is 0.0816. The van der Waals surface area contributed by atoms with Crippen LogP contribution in [0.25, 0.3) is 11.0 Å². The number of nitrogens with one attached hydrogen (secondary N) is 1. The third kappa shape index (κ3) is 4.75. The van der Waals surface area contributed by atoms with Gasteiger partial charge >= 0.3 is 5.97 Å². The van der Waals surface area contributed by atoms with Gasteiger partial charge < -0.3 is 14.6 Å². The van der Waals surface area contributed by atoms with Crippen LogP contribution in [0.4, 0.5) is 11.6 Å². The predicted octanol–water partition coefficient (Wildman–Crippen LogP) is 3.76. The molecule has 0 saturated heterocycles. The predicted molar refractivity (Wildman–Crippen MR) is 111 cm³/mol. The number of hydrogen-bond donors (Lipinski definition) is 1. The van der Waals surface area contributed by atoms with Crippen LogP contribution < -0.4 is 5.32 Å². The fourth-order valence-corrected chi connectivity index (χ4v) is 3.95. The molecule has 3 aromatic rings. The van der Waals surface area contributed by atoms with E-state index in [-0.39, 0.29) is 12.5 Å². The number of ether oxygens (including phenoxy) is 1. The molecule has 0 spiro atoms. The van der Waals surface area contributed by atoms with E-state index in [9.17, 15) is 4.79 Å². The summed E-state index contributed by atoms with van der Waals surface area (Å²) >= 11 is 0. The van der Waals surface area contributed by atoms with Crippen LogP contribution in [0.15, 0.2) is 30.9 Å². The molecule has 3 aromatic heterocycles. The van der Waals surface area contributed by atoms with Gasteiger partial charge in [-0.25, -0.2) is 4.98 Å². The maximum Gasteiger partial charge on any atom is 0.327 e. The first-order valence-corrected chi connectivity index (χ1v) is 10.4. The van der Waals surface area contributed by atoms with Crippen molar-refractivity contribution in [1.29, 1.82) is 0 Å². The molecule has 0 atom stereocenters. The summed E-state index contributed by atoms with van der Waals surface area (Å²) in [5, 5.41) is 8.40. The molecule has 0 radical (unpaired) electrons. The van der Waals surface area contributed by atoms with E-state index < -0.39 is 0 Å². The van der Waals surface area contributed by atoms with E-state index in [2.05, 4.69) is 39.2 Å². The van der Waals surface area contributed by atoms with Crippen LogP contribution in [0.2, 0.25) is 0 Å². The van der Waals surface area contributed by atoms with Gasteiger partial charge in [0, 0.05) is 30.5 Å². The normalized spacial score (nSPS) is 19.4. The third-order valence-electron chi connectivity index (χ3n) is 5.58.